The third-order valence-electron chi connectivity index (χ3n) is 8.10. The van der Waals surface area contributed by atoms with E-state index in [0.717, 1.165) is 36.0 Å². The molecule has 0 amide bonds. The molecule has 4 nitrogen and oxygen atoms in total. The molecule has 214 valence electrons. The summed E-state index contributed by atoms with van der Waals surface area (Å²) in [5.41, 5.74) is 1.69. The molecule has 0 radical (unpaired) electrons. The molecule has 0 heterocycles. The van der Waals surface area contributed by atoms with Crippen LogP contribution >= 0.6 is 0 Å². The first-order valence-corrected chi connectivity index (χ1v) is 14.5. The summed E-state index contributed by atoms with van der Waals surface area (Å²) in [6.07, 6.45) is 7.21. The summed E-state index contributed by atoms with van der Waals surface area (Å²) >= 11 is 0. The van der Waals surface area contributed by atoms with Crippen molar-refractivity contribution in [2.75, 3.05) is 19.8 Å². The maximum absolute atomic E-state index is 10.9. The minimum Gasteiger partial charge on any atom is -0.482 e. The largest absolute Gasteiger partial charge is 0.482 e. The van der Waals surface area contributed by atoms with Gasteiger partial charge >= 0.3 is 0 Å². The number of unbranched alkanes of at least 4 members (excludes halogenated alkanes) is 5. The summed E-state index contributed by atoms with van der Waals surface area (Å²) in [6, 6.07) is 14.2. The number of rotatable bonds is 14. The molecule has 2 rings (SSSR count). The SMILES string of the molecule is CCCCCCCCC(Oc1ccccc1)(c1c(C)cc(C(C)(C)C)cc1C(C)(C)C)C(CO)(CO)CO. The lowest BCUT2D eigenvalue weighted by Crippen LogP contribution is -2.58. The average molecular weight is 527 g/mol. The molecule has 38 heavy (non-hydrogen) atoms. The van der Waals surface area contributed by atoms with Crippen molar-refractivity contribution in [1.29, 1.82) is 0 Å². The summed E-state index contributed by atoms with van der Waals surface area (Å²) in [5.74, 6) is 0.664. The third kappa shape index (κ3) is 7.20. The topological polar surface area (TPSA) is 69.9 Å². The van der Waals surface area contributed by atoms with Crippen LogP contribution < -0.4 is 4.74 Å². The zero-order chi connectivity index (χ0) is 28.6. The normalized spacial score (nSPS) is 14.4. The highest BCUT2D eigenvalue weighted by atomic mass is 16.5. The van der Waals surface area contributed by atoms with E-state index in [1.165, 1.54) is 24.8 Å². The van der Waals surface area contributed by atoms with E-state index in [-0.39, 0.29) is 10.8 Å². The summed E-state index contributed by atoms with van der Waals surface area (Å²) in [7, 11) is 0. The molecule has 2 aromatic rings. The first-order chi connectivity index (χ1) is 17.8. The van der Waals surface area contributed by atoms with Crippen molar-refractivity contribution in [3.63, 3.8) is 0 Å². The molecule has 1 atom stereocenters. The van der Waals surface area contributed by atoms with Crippen molar-refractivity contribution in [2.24, 2.45) is 5.41 Å². The first kappa shape index (κ1) is 32.3. The Balaban J connectivity index is 2.91. The van der Waals surface area contributed by atoms with Crippen LogP contribution in [0.2, 0.25) is 0 Å². The zero-order valence-electron chi connectivity index (χ0n) is 25.4. The van der Waals surface area contributed by atoms with Gasteiger partial charge in [0.05, 0.1) is 25.2 Å². The quantitative estimate of drug-likeness (QED) is 0.222. The van der Waals surface area contributed by atoms with E-state index in [0.29, 0.717) is 12.2 Å². The second kappa shape index (κ2) is 13.5. The molecule has 2 aromatic carbocycles. The fourth-order valence-electron chi connectivity index (χ4n) is 5.59. The lowest BCUT2D eigenvalue weighted by atomic mass is 9.62. The van der Waals surface area contributed by atoms with Crippen LogP contribution in [-0.4, -0.2) is 35.1 Å². The van der Waals surface area contributed by atoms with Crippen molar-refractivity contribution in [2.45, 2.75) is 117 Å². The van der Waals surface area contributed by atoms with Crippen LogP contribution in [0.1, 0.15) is 116 Å². The Labute approximate surface area is 232 Å². The van der Waals surface area contributed by atoms with Gasteiger partial charge in [0.25, 0.3) is 0 Å². The van der Waals surface area contributed by atoms with Crippen molar-refractivity contribution in [1.82, 2.24) is 0 Å². The van der Waals surface area contributed by atoms with Crippen LogP contribution in [0, 0.1) is 12.3 Å². The Kier molecular flexibility index (Phi) is 11.5. The van der Waals surface area contributed by atoms with Gasteiger partial charge in [-0.1, -0.05) is 111 Å². The summed E-state index contributed by atoms with van der Waals surface area (Å²) in [6.45, 7) is 16.4. The number of benzene rings is 2. The van der Waals surface area contributed by atoms with Crippen molar-refractivity contribution in [3.05, 3.63) is 64.7 Å². The second-order valence-corrected chi connectivity index (χ2v) is 13.2. The van der Waals surface area contributed by atoms with Gasteiger partial charge in [0.15, 0.2) is 0 Å². The zero-order valence-corrected chi connectivity index (χ0v) is 25.4. The van der Waals surface area contributed by atoms with Crippen LogP contribution in [0.3, 0.4) is 0 Å². The lowest BCUT2D eigenvalue weighted by molar-refractivity contribution is -0.150. The van der Waals surface area contributed by atoms with E-state index in [9.17, 15) is 15.3 Å². The minimum absolute atomic E-state index is 0.0481. The Morgan fingerprint density at radius 2 is 1.26 bits per heavy atom. The molecule has 3 N–H and O–H groups in total. The Morgan fingerprint density at radius 1 is 0.711 bits per heavy atom. The van der Waals surface area contributed by atoms with Gasteiger partial charge in [-0.25, -0.2) is 0 Å². The van der Waals surface area contributed by atoms with Gasteiger partial charge in [0.2, 0.25) is 0 Å². The maximum atomic E-state index is 10.9. The van der Waals surface area contributed by atoms with Crippen molar-refractivity contribution in [3.8, 4) is 5.75 Å². The molecule has 0 aliphatic rings. The standard InChI is InChI=1S/C34H54O4/c1-9-10-11-12-13-17-20-34(33(23-35,24-36)25-37,38-28-18-15-14-16-19-28)30-26(2)21-27(31(3,4)5)22-29(30)32(6,7)8/h14-16,18-19,21-22,35-37H,9-13,17,20,23-25H2,1-8H3. The number of aliphatic hydroxyl groups is 3. The molecular weight excluding hydrogens is 472 g/mol. The van der Waals surface area contributed by atoms with Gasteiger partial charge in [-0.05, 0) is 59.4 Å². The van der Waals surface area contributed by atoms with Crippen LogP contribution in [0.25, 0.3) is 0 Å². The van der Waals surface area contributed by atoms with E-state index in [2.05, 4.69) is 67.5 Å². The molecule has 1 unspecified atom stereocenters. The number of hydrogen-bond donors (Lipinski definition) is 3. The summed E-state index contributed by atoms with van der Waals surface area (Å²) in [4.78, 5) is 0. The smallest absolute Gasteiger partial charge is 0.147 e. The molecule has 0 aromatic heterocycles. The predicted octanol–water partition coefficient (Wildman–Crippen LogP) is 7.58. The van der Waals surface area contributed by atoms with Gasteiger partial charge in [0, 0.05) is 5.56 Å². The molecule has 0 aliphatic carbocycles. The van der Waals surface area contributed by atoms with E-state index < -0.39 is 30.8 Å². The fourth-order valence-corrected chi connectivity index (χ4v) is 5.59. The monoisotopic (exact) mass is 526 g/mol. The highest BCUT2D eigenvalue weighted by molar-refractivity contribution is 5.49. The van der Waals surface area contributed by atoms with Gasteiger partial charge in [-0.2, -0.15) is 0 Å². The van der Waals surface area contributed by atoms with Gasteiger partial charge in [-0.15, -0.1) is 0 Å². The molecule has 0 aliphatic heterocycles. The minimum atomic E-state index is -1.29. The van der Waals surface area contributed by atoms with Crippen LogP contribution in [0.4, 0.5) is 0 Å². The highest BCUT2D eigenvalue weighted by Gasteiger charge is 2.56. The molecule has 0 bridgehead atoms. The van der Waals surface area contributed by atoms with Gasteiger partial charge in [-0.3, -0.25) is 0 Å². The first-order valence-electron chi connectivity index (χ1n) is 14.5. The Bertz CT molecular complexity index is 972. The number of aliphatic hydroxyl groups excluding tert-OH is 3. The summed E-state index contributed by atoms with van der Waals surface area (Å²) < 4.78 is 7.02. The Morgan fingerprint density at radius 3 is 1.76 bits per heavy atom. The van der Waals surface area contributed by atoms with E-state index in [1.807, 2.05) is 30.3 Å². The molecule has 4 heteroatoms. The van der Waals surface area contributed by atoms with E-state index in [1.54, 1.807) is 0 Å². The second-order valence-electron chi connectivity index (χ2n) is 13.2. The molecular formula is C34H54O4. The molecule has 0 saturated carbocycles. The van der Waals surface area contributed by atoms with Gasteiger partial charge in [0.1, 0.15) is 11.4 Å². The highest BCUT2D eigenvalue weighted by Crippen LogP contribution is 2.51. The van der Waals surface area contributed by atoms with Crippen molar-refractivity contribution < 1.29 is 20.1 Å². The average Bonchev–Trinajstić information content (AvgIpc) is 2.86. The number of aryl methyl sites for hydroxylation is 1. The van der Waals surface area contributed by atoms with E-state index in [4.69, 9.17) is 4.74 Å². The number of ether oxygens (including phenoxy) is 1. The van der Waals surface area contributed by atoms with Crippen LogP contribution in [-0.2, 0) is 16.4 Å². The fraction of sp³-hybridized carbons (Fsp3) is 0.647. The van der Waals surface area contributed by atoms with E-state index >= 15 is 0 Å². The van der Waals surface area contributed by atoms with Gasteiger partial charge < -0.3 is 20.1 Å². The maximum Gasteiger partial charge on any atom is 0.147 e. The Hall–Kier alpha value is -1.88. The number of para-hydroxylation sites is 1. The van der Waals surface area contributed by atoms with Crippen LogP contribution in [0.5, 0.6) is 5.75 Å². The molecule has 0 fully saturated rings. The summed E-state index contributed by atoms with van der Waals surface area (Å²) in [5, 5.41) is 32.7. The van der Waals surface area contributed by atoms with Crippen LogP contribution in [0.15, 0.2) is 42.5 Å². The number of hydrogen-bond acceptors (Lipinski definition) is 4. The third-order valence-corrected chi connectivity index (χ3v) is 8.10. The predicted molar refractivity (Wildman–Crippen MR) is 159 cm³/mol. The van der Waals surface area contributed by atoms with Crippen molar-refractivity contribution >= 4 is 0 Å². The molecule has 0 saturated heterocycles. The lowest BCUT2D eigenvalue weighted by Gasteiger charge is -2.51. The molecule has 0 spiro atoms.